The number of benzene rings is 1. The molecule has 0 aromatic heterocycles. The minimum Gasteiger partial charge on any atom is -0.497 e. The second-order valence-corrected chi connectivity index (χ2v) is 4.64. The van der Waals surface area contributed by atoms with Gasteiger partial charge < -0.3 is 29.6 Å². The molecule has 1 aromatic carbocycles. The molecule has 2 N–H and O–H groups in total. The SMILES string of the molecule is CN=C(NCCOCCOC)NCc1ccc(OC)cc1OC.I. The van der Waals surface area contributed by atoms with Crippen molar-refractivity contribution in [1.82, 2.24) is 10.6 Å². The molecule has 0 atom stereocenters. The third kappa shape index (κ3) is 8.55. The van der Waals surface area contributed by atoms with Crippen LogP contribution in [0.25, 0.3) is 0 Å². The van der Waals surface area contributed by atoms with Crippen LogP contribution in [0.1, 0.15) is 5.56 Å². The van der Waals surface area contributed by atoms with Gasteiger partial charge in [-0.25, -0.2) is 0 Å². The molecular formula is C16H28IN3O4. The first kappa shape index (κ1) is 22.7. The molecule has 1 rings (SSSR count). The van der Waals surface area contributed by atoms with E-state index in [1.54, 1.807) is 28.4 Å². The van der Waals surface area contributed by atoms with Crippen molar-refractivity contribution in [3.05, 3.63) is 23.8 Å². The molecular weight excluding hydrogens is 425 g/mol. The number of aliphatic imine (C=N–C) groups is 1. The van der Waals surface area contributed by atoms with Crippen molar-refractivity contribution >= 4 is 29.9 Å². The number of nitrogens with zero attached hydrogens (tertiary/aromatic N) is 1. The van der Waals surface area contributed by atoms with E-state index in [-0.39, 0.29) is 24.0 Å². The minimum atomic E-state index is 0. The number of methoxy groups -OCH3 is 3. The predicted molar refractivity (Wildman–Crippen MR) is 106 cm³/mol. The quantitative estimate of drug-likeness (QED) is 0.243. The summed E-state index contributed by atoms with van der Waals surface area (Å²) in [6, 6.07) is 5.72. The Kier molecular flexibility index (Phi) is 13.4. The lowest BCUT2D eigenvalue weighted by Crippen LogP contribution is -2.38. The highest BCUT2D eigenvalue weighted by Gasteiger charge is 2.06. The van der Waals surface area contributed by atoms with Crippen molar-refractivity contribution in [3.8, 4) is 11.5 Å². The van der Waals surface area contributed by atoms with Gasteiger partial charge in [-0.2, -0.15) is 0 Å². The number of hydrogen-bond donors (Lipinski definition) is 2. The molecule has 0 spiro atoms. The molecule has 1 aromatic rings. The van der Waals surface area contributed by atoms with Crippen LogP contribution in [0.2, 0.25) is 0 Å². The Balaban J connectivity index is 0.00000529. The van der Waals surface area contributed by atoms with E-state index in [4.69, 9.17) is 18.9 Å². The molecule has 0 fully saturated rings. The van der Waals surface area contributed by atoms with Crippen LogP contribution in [0.4, 0.5) is 0 Å². The molecule has 0 amide bonds. The van der Waals surface area contributed by atoms with Gasteiger partial charge in [-0.15, -0.1) is 24.0 Å². The molecule has 138 valence electrons. The highest BCUT2D eigenvalue weighted by molar-refractivity contribution is 14.0. The van der Waals surface area contributed by atoms with E-state index in [1.165, 1.54) is 0 Å². The first-order chi connectivity index (χ1) is 11.2. The summed E-state index contributed by atoms with van der Waals surface area (Å²) in [6.45, 7) is 3.05. The van der Waals surface area contributed by atoms with Gasteiger partial charge in [0, 0.05) is 38.9 Å². The van der Waals surface area contributed by atoms with Gasteiger partial charge in [0.1, 0.15) is 11.5 Å². The van der Waals surface area contributed by atoms with Crippen molar-refractivity contribution in [2.24, 2.45) is 4.99 Å². The zero-order valence-electron chi connectivity index (χ0n) is 14.8. The first-order valence-electron chi connectivity index (χ1n) is 7.47. The second kappa shape index (κ2) is 14.1. The largest absolute Gasteiger partial charge is 0.497 e. The van der Waals surface area contributed by atoms with Crippen molar-refractivity contribution in [2.45, 2.75) is 6.54 Å². The van der Waals surface area contributed by atoms with Gasteiger partial charge in [0.2, 0.25) is 0 Å². The molecule has 0 bridgehead atoms. The van der Waals surface area contributed by atoms with Crippen molar-refractivity contribution < 1.29 is 18.9 Å². The molecule has 0 heterocycles. The second-order valence-electron chi connectivity index (χ2n) is 4.64. The Morgan fingerprint density at radius 2 is 1.83 bits per heavy atom. The van der Waals surface area contributed by atoms with Crippen LogP contribution in [0.5, 0.6) is 11.5 Å². The average molecular weight is 453 g/mol. The van der Waals surface area contributed by atoms with Gasteiger partial charge in [0.15, 0.2) is 5.96 Å². The first-order valence-corrected chi connectivity index (χ1v) is 7.47. The van der Waals surface area contributed by atoms with Crippen LogP contribution < -0.4 is 20.1 Å². The smallest absolute Gasteiger partial charge is 0.191 e. The summed E-state index contributed by atoms with van der Waals surface area (Å²) in [6.07, 6.45) is 0. The van der Waals surface area contributed by atoms with E-state index in [9.17, 15) is 0 Å². The zero-order valence-corrected chi connectivity index (χ0v) is 17.1. The van der Waals surface area contributed by atoms with Crippen LogP contribution in [0.3, 0.4) is 0 Å². The standard InChI is InChI=1S/C16H27N3O4.HI/c1-17-16(18-7-8-23-10-9-20-2)19-12-13-5-6-14(21-3)11-15(13)22-4;/h5-6,11H,7-10,12H2,1-4H3,(H2,17,18,19);1H. The van der Waals surface area contributed by atoms with E-state index in [2.05, 4.69) is 15.6 Å². The Hall–Kier alpha value is -1.26. The van der Waals surface area contributed by atoms with E-state index in [1.807, 2.05) is 18.2 Å². The summed E-state index contributed by atoms with van der Waals surface area (Å²) in [4.78, 5) is 4.17. The molecule has 8 heteroatoms. The molecule has 0 radical (unpaired) electrons. The monoisotopic (exact) mass is 453 g/mol. The number of hydrogen-bond acceptors (Lipinski definition) is 5. The highest BCUT2D eigenvalue weighted by Crippen LogP contribution is 2.24. The molecule has 7 nitrogen and oxygen atoms in total. The summed E-state index contributed by atoms with van der Waals surface area (Å²) >= 11 is 0. The normalized spacial score (nSPS) is 10.8. The zero-order chi connectivity index (χ0) is 16.9. The third-order valence-corrected chi connectivity index (χ3v) is 3.13. The fourth-order valence-electron chi connectivity index (χ4n) is 1.88. The fourth-order valence-corrected chi connectivity index (χ4v) is 1.88. The third-order valence-electron chi connectivity index (χ3n) is 3.13. The Bertz CT molecular complexity index is 486. The maximum absolute atomic E-state index is 5.39. The lowest BCUT2D eigenvalue weighted by atomic mass is 10.2. The fraction of sp³-hybridized carbons (Fsp3) is 0.562. The summed E-state index contributed by atoms with van der Waals surface area (Å²) < 4.78 is 20.9. The van der Waals surface area contributed by atoms with E-state index in [0.29, 0.717) is 38.9 Å². The summed E-state index contributed by atoms with van der Waals surface area (Å²) in [7, 11) is 6.66. The van der Waals surface area contributed by atoms with Crippen LogP contribution in [0, 0.1) is 0 Å². The topological polar surface area (TPSA) is 73.3 Å². The molecule has 0 aliphatic carbocycles. The number of ether oxygens (including phenoxy) is 4. The molecule has 0 aliphatic rings. The van der Waals surface area contributed by atoms with E-state index >= 15 is 0 Å². The van der Waals surface area contributed by atoms with Gasteiger partial charge in [0.05, 0.1) is 34.0 Å². The summed E-state index contributed by atoms with van der Waals surface area (Å²) in [5.74, 6) is 2.25. The minimum absolute atomic E-state index is 0. The number of rotatable bonds is 10. The van der Waals surface area contributed by atoms with Gasteiger partial charge in [-0.3, -0.25) is 4.99 Å². The number of nitrogens with one attached hydrogen (secondary N) is 2. The predicted octanol–water partition coefficient (Wildman–Crippen LogP) is 1.65. The number of guanidine groups is 1. The lowest BCUT2D eigenvalue weighted by molar-refractivity contribution is 0.0733. The van der Waals surface area contributed by atoms with Crippen LogP contribution >= 0.6 is 24.0 Å². The molecule has 24 heavy (non-hydrogen) atoms. The van der Waals surface area contributed by atoms with Gasteiger partial charge in [0.25, 0.3) is 0 Å². The van der Waals surface area contributed by atoms with Gasteiger partial charge in [-0.1, -0.05) is 0 Å². The average Bonchev–Trinajstić information content (AvgIpc) is 2.60. The number of halogens is 1. The van der Waals surface area contributed by atoms with Crippen LogP contribution in [0.15, 0.2) is 23.2 Å². The van der Waals surface area contributed by atoms with Gasteiger partial charge in [-0.05, 0) is 12.1 Å². The highest BCUT2D eigenvalue weighted by atomic mass is 127. The summed E-state index contributed by atoms with van der Waals surface area (Å²) in [5.41, 5.74) is 1.02. The Labute approximate surface area is 161 Å². The van der Waals surface area contributed by atoms with Crippen LogP contribution in [-0.2, 0) is 16.0 Å². The molecule has 0 saturated heterocycles. The Morgan fingerprint density at radius 3 is 2.46 bits per heavy atom. The van der Waals surface area contributed by atoms with Gasteiger partial charge >= 0.3 is 0 Å². The maximum Gasteiger partial charge on any atom is 0.191 e. The van der Waals surface area contributed by atoms with Crippen molar-refractivity contribution in [1.29, 1.82) is 0 Å². The molecule has 0 saturated carbocycles. The van der Waals surface area contributed by atoms with Crippen molar-refractivity contribution in [3.63, 3.8) is 0 Å². The Morgan fingerprint density at radius 1 is 1.04 bits per heavy atom. The van der Waals surface area contributed by atoms with Crippen molar-refractivity contribution in [2.75, 3.05) is 54.7 Å². The van der Waals surface area contributed by atoms with E-state index in [0.717, 1.165) is 17.1 Å². The van der Waals surface area contributed by atoms with Crippen LogP contribution in [-0.4, -0.2) is 60.7 Å². The molecule has 0 unspecified atom stereocenters. The summed E-state index contributed by atoms with van der Waals surface area (Å²) in [5, 5.41) is 6.42. The molecule has 0 aliphatic heterocycles. The lowest BCUT2D eigenvalue weighted by Gasteiger charge is -2.14. The maximum atomic E-state index is 5.39. The van der Waals surface area contributed by atoms with E-state index < -0.39 is 0 Å².